The highest BCUT2D eigenvalue weighted by Gasteiger charge is 2.21. The van der Waals surface area contributed by atoms with Gasteiger partial charge in [0.25, 0.3) is 0 Å². The smallest absolute Gasteiger partial charge is 0.227 e. The van der Waals surface area contributed by atoms with E-state index in [-0.39, 0.29) is 17.8 Å². The monoisotopic (exact) mass is 357 g/mol. The number of nitrogens with one attached hydrogen (secondary N) is 2. The van der Waals surface area contributed by atoms with Gasteiger partial charge in [-0.05, 0) is 67.5 Å². The minimum Gasteiger partial charge on any atom is -0.356 e. The van der Waals surface area contributed by atoms with Crippen LogP contribution in [0.15, 0.2) is 48.5 Å². The molecule has 4 nitrogen and oxygen atoms in total. The summed E-state index contributed by atoms with van der Waals surface area (Å²) in [5, 5.41) is 6.79. The molecule has 1 aliphatic rings. The zero-order valence-corrected chi connectivity index (χ0v) is 14.8. The van der Waals surface area contributed by atoms with Gasteiger partial charge in [0.15, 0.2) is 5.11 Å². The molecule has 0 aromatic heterocycles. The molecule has 1 fully saturated rings. The third-order valence-electron chi connectivity index (χ3n) is 4.23. The zero-order chi connectivity index (χ0) is 17.8. The van der Waals surface area contributed by atoms with Crippen molar-refractivity contribution < 1.29 is 9.18 Å². The third-order valence-corrected chi connectivity index (χ3v) is 4.45. The first-order valence-electron chi connectivity index (χ1n) is 8.26. The lowest BCUT2D eigenvalue weighted by atomic mass is 10.1. The van der Waals surface area contributed by atoms with E-state index < -0.39 is 0 Å². The van der Waals surface area contributed by atoms with Crippen molar-refractivity contribution in [1.82, 2.24) is 5.32 Å². The SMILES string of the molecule is CC(NC(=S)Nc1ccc(N2CCCC2=O)cc1)c1ccc(F)cc1. The molecule has 6 heteroatoms. The van der Waals surface area contributed by atoms with Crippen LogP contribution in [-0.2, 0) is 4.79 Å². The van der Waals surface area contributed by atoms with E-state index in [1.165, 1.54) is 12.1 Å². The predicted octanol–water partition coefficient (Wildman–Crippen LogP) is 4.00. The van der Waals surface area contributed by atoms with Crippen molar-refractivity contribution in [2.75, 3.05) is 16.8 Å². The molecule has 0 saturated carbocycles. The van der Waals surface area contributed by atoms with Crippen LogP contribution in [0, 0.1) is 5.82 Å². The molecule has 2 aromatic carbocycles. The molecular weight excluding hydrogens is 337 g/mol. The number of amides is 1. The Morgan fingerprint density at radius 1 is 1.16 bits per heavy atom. The summed E-state index contributed by atoms with van der Waals surface area (Å²) < 4.78 is 13.0. The largest absolute Gasteiger partial charge is 0.356 e. The first-order chi connectivity index (χ1) is 12.0. The highest BCUT2D eigenvalue weighted by molar-refractivity contribution is 7.80. The van der Waals surface area contributed by atoms with Crippen LogP contribution in [0.25, 0.3) is 0 Å². The first-order valence-corrected chi connectivity index (χ1v) is 8.67. The Labute approximate surface area is 152 Å². The van der Waals surface area contributed by atoms with E-state index in [4.69, 9.17) is 12.2 Å². The summed E-state index contributed by atoms with van der Waals surface area (Å²) in [6, 6.07) is 13.9. The average Bonchev–Trinajstić information content (AvgIpc) is 3.02. The lowest BCUT2D eigenvalue weighted by molar-refractivity contribution is -0.117. The van der Waals surface area contributed by atoms with Crippen molar-refractivity contribution in [2.45, 2.75) is 25.8 Å². The molecule has 1 atom stereocenters. The van der Waals surface area contributed by atoms with Gasteiger partial charge in [-0.2, -0.15) is 0 Å². The first kappa shape index (κ1) is 17.4. The van der Waals surface area contributed by atoms with Crippen LogP contribution in [0.2, 0.25) is 0 Å². The Balaban J connectivity index is 1.57. The maximum absolute atomic E-state index is 13.0. The summed E-state index contributed by atoms with van der Waals surface area (Å²) in [6.07, 6.45) is 1.53. The summed E-state index contributed by atoms with van der Waals surface area (Å²) in [6.45, 7) is 2.74. The number of carbonyl (C=O) groups excluding carboxylic acids is 1. The number of rotatable bonds is 4. The minimum absolute atomic E-state index is 0.0397. The van der Waals surface area contributed by atoms with Crippen molar-refractivity contribution in [2.24, 2.45) is 0 Å². The second kappa shape index (κ2) is 7.61. The highest BCUT2D eigenvalue weighted by Crippen LogP contribution is 2.23. The van der Waals surface area contributed by atoms with E-state index in [2.05, 4.69) is 10.6 Å². The molecule has 1 saturated heterocycles. The van der Waals surface area contributed by atoms with Crippen molar-refractivity contribution in [1.29, 1.82) is 0 Å². The molecule has 0 radical (unpaired) electrons. The van der Waals surface area contributed by atoms with E-state index >= 15 is 0 Å². The maximum Gasteiger partial charge on any atom is 0.227 e. The molecule has 3 rings (SSSR count). The molecule has 1 amide bonds. The molecule has 2 aromatic rings. The van der Waals surface area contributed by atoms with Gasteiger partial charge in [0, 0.05) is 24.3 Å². The molecule has 0 bridgehead atoms. The summed E-state index contributed by atoms with van der Waals surface area (Å²) >= 11 is 5.34. The van der Waals surface area contributed by atoms with Crippen molar-refractivity contribution in [3.63, 3.8) is 0 Å². The van der Waals surface area contributed by atoms with E-state index in [0.29, 0.717) is 11.5 Å². The molecule has 1 heterocycles. The summed E-state index contributed by atoms with van der Waals surface area (Å²) in [5.41, 5.74) is 2.71. The molecule has 25 heavy (non-hydrogen) atoms. The van der Waals surface area contributed by atoms with Gasteiger partial charge in [-0.3, -0.25) is 4.79 Å². The van der Waals surface area contributed by atoms with Crippen LogP contribution in [-0.4, -0.2) is 17.6 Å². The zero-order valence-electron chi connectivity index (χ0n) is 14.0. The van der Waals surface area contributed by atoms with Crippen molar-refractivity contribution in [3.8, 4) is 0 Å². The summed E-state index contributed by atoms with van der Waals surface area (Å²) in [4.78, 5) is 13.6. The summed E-state index contributed by atoms with van der Waals surface area (Å²) in [5.74, 6) is -0.0840. The fraction of sp³-hybridized carbons (Fsp3) is 0.263. The van der Waals surface area contributed by atoms with Gasteiger partial charge in [-0.1, -0.05) is 12.1 Å². The van der Waals surface area contributed by atoms with Crippen LogP contribution in [0.3, 0.4) is 0 Å². The minimum atomic E-state index is -0.256. The van der Waals surface area contributed by atoms with Gasteiger partial charge in [0.2, 0.25) is 5.91 Å². The average molecular weight is 357 g/mol. The van der Waals surface area contributed by atoms with Gasteiger partial charge in [-0.25, -0.2) is 4.39 Å². The molecule has 1 unspecified atom stereocenters. The van der Waals surface area contributed by atoms with E-state index in [9.17, 15) is 9.18 Å². The molecule has 1 aliphatic heterocycles. The summed E-state index contributed by atoms with van der Waals surface area (Å²) in [7, 11) is 0. The maximum atomic E-state index is 13.0. The number of hydrogen-bond donors (Lipinski definition) is 2. The molecule has 0 spiro atoms. The van der Waals surface area contributed by atoms with E-state index in [1.54, 1.807) is 17.0 Å². The topological polar surface area (TPSA) is 44.4 Å². The van der Waals surface area contributed by atoms with Crippen LogP contribution in [0.1, 0.15) is 31.4 Å². The van der Waals surface area contributed by atoms with Gasteiger partial charge < -0.3 is 15.5 Å². The van der Waals surface area contributed by atoms with Gasteiger partial charge >= 0.3 is 0 Å². The Morgan fingerprint density at radius 2 is 1.84 bits per heavy atom. The normalized spacial score (nSPS) is 15.1. The Morgan fingerprint density at radius 3 is 2.44 bits per heavy atom. The lowest BCUT2D eigenvalue weighted by Gasteiger charge is -2.19. The quantitative estimate of drug-likeness (QED) is 0.812. The van der Waals surface area contributed by atoms with Crippen molar-refractivity contribution in [3.05, 3.63) is 59.9 Å². The number of anilines is 2. The molecule has 0 aliphatic carbocycles. The number of thiocarbonyl (C=S) groups is 1. The Kier molecular flexibility index (Phi) is 5.28. The number of halogens is 1. The van der Waals surface area contributed by atoms with E-state index in [1.807, 2.05) is 31.2 Å². The molecule has 130 valence electrons. The van der Waals surface area contributed by atoms with Crippen molar-refractivity contribution >= 4 is 34.6 Å². The molecule has 2 N–H and O–H groups in total. The second-order valence-corrected chi connectivity index (χ2v) is 6.48. The second-order valence-electron chi connectivity index (χ2n) is 6.07. The lowest BCUT2D eigenvalue weighted by Crippen LogP contribution is -2.31. The Hall–Kier alpha value is -2.47. The number of nitrogens with zero attached hydrogens (tertiary/aromatic N) is 1. The number of benzene rings is 2. The number of carbonyl (C=O) groups is 1. The van der Waals surface area contributed by atoms with Crippen LogP contribution >= 0.6 is 12.2 Å². The fourth-order valence-electron chi connectivity index (χ4n) is 2.84. The third kappa shape index (κ3) is 4.33. The van der Waals surface area contributed by atoms with Gasteiger partial charge in [-0.15, -0.1) is 0 Å². The Bertz CT molecular complexity index is 761. The van der Waals surface area contributed by atoms with E-state index in [0.717, 1.165) is 29.9 Å². The van der Waals surface area contributed by atoms with Gasteiger partial charge in [0.05, 0.1) is 6.04 Å². The van der Waals surface area contributed by atoms with Crippen LogP contribution in [0.4, 0.5) is 15.8 Å². The van der Waals surface area contributed by atoms with Crippen LogP contribution in [0.5, 0.6) is 0 Å². The predicted molar refractivity (Wildman–Crippen MR) is 102 cm³/mol. The fourth-order valence-corrected chi connectivity index (χ4v) is 3.14. The molecular formula is C19H20FN3OS. The number of hydrogen-bond acceptors (Lipinski definition) is 2. The van der Waals surface area contributed by atoms with Gasteiger partial charge in [0.1, 0.15) is 5.82 Å². The highest BCUT2D eigenvalue weighted by atomic mass is 32.1. The standard InChI is InChI=1S/C19H20FN3OS/c1-13(14-4-6-15(20)7-5-14)21-19(25)22-16-8-10-17(11-9-16)23-12-2-3-18(23)24/h4-11,13H,2-3,12H2,1H3,(H2,21,22,25). The van der Waals surface area contributed by atoms with Crippen LogP contribution < -0.4 is 15.5 Å².